The molecule has 2 amide bonds. The van der Waals surface area contributed by atoms with Gasteiger partial charge in [0.2, 0.25) is 0 Å². The predicted molar refractivity (Wildman–Crippen MR) is 153 cm³/mol. The van der Waals surface area contributed by atoms with Crippen LogP contribution in [0.2, 0.25) is 0 Å². The summed E-state index contributed by atoms with van der Waals surface area (Å²) in [5, 5.41) is 7.58. The number of ether oxygens (including phenoxy) is 2. The molecule has 38 heavy (non-hydrogen) atoms. The van der Waals surface area contributed by atoms with Crippen LogP contribution in [0, 0.1) is 27.7 Å². The molecule has 2 atom stereocenters. The molecule has 0 radical (unpaired) electrons. The van der Waals surface area contributed by atoms with E-state index >= 15 is 0 Å². The fourth-order valence-corrected chi connectivity index (χ4v) is 4.15. The van der Waals surface area contributed by atoms with Crippen LogP contribution in [0.25, 0.3) is 10.8 Å². The lowest BCUT2D eigenvalue weighted by molar-refractivity contribution is -0.122. The van der Waals surface area contributed by atoms with E-state index in [-0.39, 0.29) is 11.8 Å². The van der Waals surface area contributed by atoms with Crippen molar-refractivity contribution >= 4 is 34.0 Å². The van der Waals surface area contributed by atoms with E-state index in [1.807, 2.05) is 100 Å². The second-order valence-corrected chi connectivity index (χ2v) is 9.74. The Kier molecular flexibility index (Phi) is 8.01. The molecule has 2 N–H and O–H groups in total. The van der Waals surface area contributed by atoms with Crippen LogP contribution in [0.15, 0.2) is 72.8 Å². The SMILES string of the molecule is Cc1ccc(C)c(OC(C)C(=O)Nc2cccc3c(NC(=O)C(C)Oc4cc(C)ccc4C)cccc23)c1. The Balaban J connectivity index is 1.49. The predicted octanol–water partition coefficient (Wildman–Crippen LogP) is 6.89. The Morgan fingerprint density at radius 3 is 1.39 bits per heavy atom. The summed E-state index contributed by atoms with van der Waals surface area (Å²) in [5.41, 5.74) is 5.35. The molecule has 0 spiro atoms. The number of nitrogens with one attached hydrogen (secondary N) is 2. The standard InChI is InChI=1S/C32H34N2O4/c1-19-13-15-21(3)29(17-19)37-23(5)31(35)33-27-11-7-10-26-25(27)9-8-12-28(26)34-32(36)24(6)38-30-18-20(2)14-16-22(30)4/h7-18,23-24H,1-6H3,(H,33,35)(H,34,36). The van der Waals surface area contributed by atoms with Gasteiger partial charge in [-0.15, -0.1) is 0 Å². The Morgan fingerprint density at radius 1 is 0.605 bits per heavy atom. The summed E-state index contributed by atoms with van der Waals surface area (Å²) in [5.74, 6) is 0.854. The molecule has 0 fully saturated rings. The Hall–Kier alpha value is -4.32. The molecule has 0 saturated carbocycles. The summed E-state index contributed by atoms with van der Waals surface area (Å²) in [4.78, 5) is 26.0. The van der Waals surface area contributed by atoms with Crippen LogP contribution in [0.3, 0.4) is 0 Å². The van der Waals surface area contributed by atoms with E-state index in [0.29, 0.717) is 22.9 Å². The monoisotopic (exact) mass is 510 g/mol. The van der Waals surface area contributed by atoms with E-state index in [0.717, 1.165) is 33.0 Å². The largest absolute Gasteiger partial charge is 0.481 e. The molecule has 4 rings (SSSR count). The van der Waals surface area contributed by atoms with E-state index in [9.17, 15) is 9.59 Å². The van der Waals surface area contributed by atoms with Crippen LogP contribution in [0.5, 0.6) is 11.5 Å². The van der Waals surface area contributed by atoms with Gasteiger partial charge in [-0.3, -0.25) is 9.59 Å². The van der Waals surface area contributed by atoms with E-state index in [1.165, 1.54) is 0 Å². The van der Waals surface area contributed by atoms with Gasteiger partial charge in [-0.05, 0) is 88.1 Å². The highest BCUT2D eigenvalue weighted by molar-refractivity contribution is 6.10. The number of aryl methyl sites for hydroxylation is 4. The van der Waals surface area contributed by atoms with Crippen molar-refractivity contribution in [2.75, 3.05) is 10.6 Å². The van der Waals surface area contributed by atoms with Crippen LogP contribution in [-0.2, 0) is 9.59 Å². The second-order valence-electron chi connectivity index (χ2n) is 9.74. The van der Waals surface area contributed by atoms with Crippen LogP contribution in [-0.4, -0.2) is 24.0 Å². The molecule has 6 nitrogen and oxygen atoms in total. The number of benzene rings is 4. The Labute approximate surface area is 224 Å². The van der Waals surface area contributed by atoms with E-state index in [1.54, 1.807) is 13.8 Å². The molecule has 0 aliphatic carbocycles. The third-order valence-corrected chi connectivity index (χ3v) is 6.47. The zero-order valence-corrected chi connectivity index (χ0v) is 22.7. The number of anilines is 2. The minimum absolute atomic E-state index is 0.261. The zero-order chi connectivity index (χ0) is 27.4. The summed E-state index contributed by atoms with van der Waals surface area (Å²) in [7, 11) is 0. The molecule has 0 aromatic heterocycles. The van der Waals surface area contributed by atoms with Crippen LogP contribution < -0.4 is 20.1 Å². The van der Waals surface area contributed by atoms with E-state index in [4.69, 9.17) is 9.47 Å². The highest BCUT2D eigenvalue weighted by atomic mass is 16.5. The van der Waals surface area contributed by atoms with Crippen molar-refractivity contribution in [1.29, 1.82) is 0 Å². The fraction of sp³-hybridized carbons (Fsp3) is 0.250. The average Bonchev–Trinajstić information content (AvgIpc) is 2.88. The van der Waals surface area contributed by atoms with Gasteiger partial charge in [-0.1, -0.05) is 48.5 Å². The molecule has 0 aliphatic rings. The first-order valence-electron chi connectivity index (χ1n) is 12.7. The summed E-state index contributed by atoms with van der Waals surface area (Å²) in [6, 6.07) is 23.0. The smallest absolute Gasteiger partial charge is 0.265 e. The maximum absolute atomic E-state index is 13.0. The van der Waals surface area contributed by atoms with Gasteiger partial charge in [-0.25, -0.2) is 0 Å². The van der Waals surface area contributed by atoms with Gasteiger partial charge < -0.3 is 20.1 Å². The lowest BCUT2D eigenvalue weighted by Crippen LogP contribution is -2.31. The number of carbonyl (C=O) groups excluding carboxylic acids is 2. The van der Waals surface area contributed by atoms with Gasteiger partial charge in [-0.2, -0.15) is 0 Å². The molecule has 0 bridgehead atoms. The van der Waals surface area contributed by atoms with Crippen LogP contribution in [0.4, 0.5) is 11.4 Å². The van der Waals surface area contributed by atoms with Crippen molar-refractivity contribution in [3.05, 3.63) is 95.1 Å². The van der Waals surface area contributed by atoms with Gasteiger partial charge in [0.1, 0.15) is 11.5 Å². The average molecular weight is 511 g/mol. The number of hydrogen-bond donors (Lipinski definition) is 2. The summed E-state index contributed by atoms with van der Waals surface area (Å²) < 4.78 is 11.9. The normalized spacial score (nSPS) is 12.5. The molecule has 0 saturated heterocycles. The van der Waals surface area contributed by atoms with Crippen molar-refractivity contribution in [2.45, 2.75) is 53.8 Å². The third kappa shape index (κ3) is 6.14. The minimum atomic E-state index is -0.697. The minimum Gasteiger partial charge on any atom is -0.481 e. The number of rotatable bonds is 8. The second kappa shape index (κ2) is 11.4. The van der Waals surface area contributed by atoms with Gasteiger partial charge in [0.25, 0.3) is 11.8 Å². The number of fused-ring (bicyclic) bond motifs is 1. The highest BCUT2D eigenvalue weighted by Crippen LogP contribution is 2.30. The molecule has 0 heterocycles. The van der Waals surface area contributed by atoms with Crippen molar-refractivity contribution < 1.29 is 19.1 Å². The van der Waals surface area contributed by atoms with Crippen molar-refractivity contribution in [2.24, 2.45) is 0 Å². The van der Waals surface area contributed by atoms with Crippen LogP contribution >= 0.6 is 0 Å². The zero-order valence-electron chi connectivity index (χ0n) is 22.7. The lowest BCUT2D eigenvalue weighted by Gasteiger charge is -2.19. The molecule has 4 aromatic carbocycles. The molecular formula is C32H34N2O4. The number of carbonyl (C=O) groups is 2. The fourth-order valence-electron chi connectivity index (χ4n) is 4.15. The first kappa shape index (κ1) is 26.7. The summed E-state index contributed by atoms with van der Waals surface area (Å²) in [6.07, 6.45) is -1.39. The maximum atomic E-state index is 13.0. The number of hydrogen-bond acceptors (Lipinski definition) is 4. The van der Waals surface area contributed by atoms with Gasteiger partial charge in [0.05, 0.1) is 0 Å². The Morgan fingerprint density at radius 2 is 1.00 bits per heavy atom. The molecular weight excluding hydrogens is 476 g/mol. The number of amides is 2. The summed E-state index contributed by atoms with van der Waals surface area (Å²) >= 11 is 0. The third-order valence-electron chi connectivity index (χ3n) is 6.47. The van der Waals surface area contributed by atoms with Gasteiger partial charge in [0.15, 0.2) is 12.2 Å². The van der Waals surface area contributed by atoms with E-state index in [2.05, 4.69) is 10.6 Å². The van der Waals surface area contributed by atoms with E-state index < -0.39 is 12.2 Å². The first-order chi connectivity index (χ1) is 18.1. The maximum Gasteiger partial charge on any atom is 0.265 e. The molecule has 4 aromatic rings. The molecule has 0 aliphatic heterocycles. The van der Waals surface area contributed by atoms with Crippen molar-refractivity contribution in [3.8, 4) is 11.5 Å². The topological polar surface area (TPSA) is 76.7 Å². The lowest BCUT2D eigenvalue weighted by atomic mass is 10.1. The highest BCUT2D eigenvalue weighted by Gasteiger charge is 2.19. The quantitative estimate of drug-likeness (QED) is 0.271. The Bertz CT molecular complexity index is 1380. The van der Waals surface area contributed by atoms with Crippen molar-refractivity contribution in [3.63, 3.8) is 0 Å². The molecule has 196 valence electrons. The van der Waals surface area contributed by atoms with Crippen LogP contribution in [0.1, 0.15) is 36.1 Å². The van der Waals surface area contributed by atoms with Crippen molar-refractivity contribution in [1.82, 2.24) is 0 Å². The first-order valence-corrected chi connectivity index (χ1v) is 12.7. The molecule has 6 heteroatoms. The van der Waals surface area contributed by atoms with Gasteiger partial charge in [0, 0.05) is 22.1 Å². The summed E-state index contributed by atoms with van der Waals surface area (Å²) in [6.45, 7) is 11.3. The molecule has 2 unspecified atom stereocenters. The van der Waals surface area contributed by atoms with Gasteiger partial charge >= 0.3 is 0 Å².